The molecule has 5 nitrogen and oxygen atoms in total. The van der Waals surface area contributed by atoms with Crippen LogP contribution in [0.3, 0.4) is 0 Å². The van der Waals surface area contributed by atoms with Gasteiger partial charge in [0.05, 0.1) is 30.6 Å². The summed E-state index contributed by atoms with van der Waals surface area (Å²) in [7, 11) is 1.69. The number of benzene rings is 2. The second-order valence-electron chi connectivity index (χ2n) is 9.07. The zero-order valence-electron chi connectivity index (χ0n) is 19.4. The van der Waals surface area contributed by atoms with Crippen molar-refractivity contribution in [2.45, 2.75) is 51.8 Å². The first kappa shape index (κ1) is 22.7. The van der Waals surface area contributed by atoms with Gasteiger partial charge in [-0.15, -0.1) is 0 Å². The third-order valence-corrected chi connectivity index (χ3v) is 6.91. The van der Waals surface area contributed by atoms with Crippen LogP contribution in [-0.4, -0.2) is 33.2 Å². The number of hydrogen-bond donors (Lipinski definition) is 0. The normalized spacial score (nSPS) is 19.6. The molecular formula is C26H26F3N3O2. The predicted molar refractivity (Wildman–Crippen MR) is 121 cm³/mol. The second-order valence-corrected chi connectivity index (χ2v) is 9.07. The lowest BCUT2D eigenvalue weighted by molar-refractivity contribution is 0.0544. The SMILES string of the molecule is CCC1c2nn(C)c(-c3cc(F)c(F)c(F)c3)c2CC(C)N1C(=O)c1ccc2c(c1)COCC2. The quantitative estimate of drug-likeness (QED) is 0.501. The number of aromatic nitrogens is 2. The zero-order chi connectivity index (χ0) is 24.1. The number of fused-ring (bicyclic) bond motifs is 2. The first-order chi connectivity index (χ1) is 16.3. The van der Waals surface area contributed by atoms with E-state index in [1.807, 2.05) is 36.9 Å². The molecule has 0 spiro atoms. The van der Waals surface area contributed by atoms with Crippen LogP contribution in [0.4, 0.5) is 13.2 Å². The van der Waals surface area contributed by atoms with Crippen LogP contribution in [-0.2, 0) is 31.2 Å². The summed E-state index contributed by atoms with van der Waals surface area (Å²) >= 11 is 0. The fraction of sp³-hybridized carbons (Fsp3) is 0.385. The number of rotatable bonds is 3. The van der Waals surface area contributed by atoms with Crippen molar-refractivity contribution < 1.29 is 22.7 Å². The van der Waals surface area contributed by atoms with Crippen molar-refractivity contribution >= 4 is 5.91 Å². The molecule has 3 heterocycles. The van der Waals surface area contributed by atoms with E-state index in [0.29, 0.717) is 43.0 Å². The number of halogens is 3. The summed E-state index contributed by atoms with van der Waals surface area (Å²) in [5.41, 5.74) is 5.15. The van der Waals surface area contributed by atoms with Crippen LogP contribution in [0.2, 0.25) is 0 Å². The summed E-state index contributed by atoms with van der Waals surface area (Å²) in [6, 6.07) is 7.31. The van der Waals surface area contributed by atoms with E-state index in [0.717, 1.165) is 29.7 Å². The lowest BCUT2D eigenvalue weighted by atomic mass is 9.88. The topological polar surface area (TPSA) is 47.4 Å². The fourth-order valence-electron chi connectivity index (χ4n) is 5.33. The summed E-state index contributed by atoms with van der Waals surface area (Å²) < 4.78 is 48.6. The molecule has 0 saturated carbocycles. The van der Waals surface area contributed by atoms with Gasteiger partial charge in [0.1, 0.15) is 0 Å². The summed E-state index contributed by atoms with van der Waals surface area (Å²) in [6.07, 6.45) is 1.93. The predicted octanol–water partition coefficient (Wildman–Crippen LogP) is 5.12. The highest BCUT2D eigenvalue weighted by Crippen LogP contribution is 2.40. The molecule has 2 aliphatic rings. The molecular weight excluding hydrogens is 443 g/mol. The Kier molecular flexibility index (Phi) is 5.72. The number of ether oxygens (including phenoxy) is 1. The Morgan fingerprint density at radius 2 is 1.88 bits per heavy atom. The maximum Gasteiger partial charge on any atom is 0.254 e. The zero-order valence-corrected chi connectivity index (χ0v) is 19.4. The lowest BCUT2D eigenvalue weighted by Gasteiger charge is -2.40. The van der Waals surface area contributed by atoms with Gasteiger partial charge in [0, 0.05) is 29.8 Å². The number of nitrogens with zero attached hydrogens (tertiary/aromatic N) is 3. The first-order valence-corrected chi connectivity index (χ1v) is 11.5. The molecule has 0 N–H and O–H groups in total. The third kappa shape index (κ3) is 3.60. The van der Waals surface area contributed by atoms with E-state index in [1.54, 1.807) is 11.7 Å². The molecule has 0 saturated heterocycles. The number of carbonyl (C=O) groups excluding carboxylic acids is 1. The van der Waals surface area contributed by atoms with Crippen LogP contribution in [0.15, 0.2) is 30.3 Å². The second kappa shape index (κ2) is 8.58. The molecule has 8 heteroatoms. The van der Waals surface area contributed by atoms with E-state index in [4.69, 9.17) is 4.74 Å². The van der Waals surface area contributed by atoms with Crippen molar-refractivity contribution in [3.8, 4) is 11.3 Å². The summed E-state index contributed by atoms with van der Waals surface area (Å²) in [5, 5.41) is 4.66. The molecule has 5 rings (SSSR count). The van der Waals surface area contributed by atoms with Gasteiger partial charge in [-0.05, 0) is 61.6 Å². The molecule has 1 amide bonds. The highest BCUT2D eigenvalue weighted by Gasteiger charge is 2.39. The minimum atomic E-state index is -1.49. The van der Waals surface area contributed by atoms with Crippen LogP contribution in [0.5, 0.6) is 0 Å². The van der Waals surface area contributed by atoms with Crippen LogP contribution in [0.25, 0.3) is 11.3 Å². The van der Waals surface area contributed by atoms with Gasteiger partial charge in [-0.25, -0.2) is 13.2 Å². The maximum absolute atomic E-state index is 14.0. The Labute approximate surface area is 196 Å². The third-order valence-electron chi connectivity index (χ3n) is 6.91. The molecule has 1 aromatic heterocycles. The first-order valence-electron chi connectivity index (χ1n) is 11.5. The van der Waals surface area contributed by atoms with Crippen molar-refractivity contribution in [1.82, 2.24) is 14.7 Å². The Balaban J connectivity index is 1.55. The Hall–Kier alpha value is -3.13. The van der Waals surface area contributed by atoms with Gasteiger partial charge in [0.15, 0.2) is 17.5 Å². The van der Waals surface area contributed by atoms with Gasteiger partial charge in [-0.3, -0.25) is 9.48 Å². The summed E-state index contributed by atoms with van der Waals surface area (Å²) in [4.78, 5) is 15.5. The van der Waals surface area contributed by atoms with Gasteiger partial charge in [-0.1, -0.05) is 13.0 Å². The molecule has 2 unspecified atom stereocenters. The largest absolute Gasteiger partial charge is 0.376 e. The molecule has 0 bridgehead atoms. The molecule has 2 aromatic carbocycles. The summed E-state index contributed by atoms with van der Waals surface area (Å²) in [5.74, 6) is -4.06. The average molecular weight is 470 g/mol. The summed E-state index contributed by atoms with van der Waals surface area (Å²) in [6.45, 7) is 5.14. The average Bonchev–Trinajstić information content (AvgIpc) is 3.15. The number of carbonyl (C=O) groups is 1. The van der Waals surface area contributed by atoms with Crippen molar-refractivity contribution in [3.05, 3.63) is 75.7 Å². The van der Waals surface area contributed by atoms with Crippen LogP contribution < -0.4 is 0 Å². The highest BCUT2D eigenvalue weighted by molar-refractivity contribution is 5.95. The van der Waals surface area contributed by atoms with E-state index in [9.17, 15) is 18.0 Å². The smallest absolute Gasteiger partial charge is 0.254 e. The van der Waals surface area contributed by atoms with Gasteiger partial charge in [0.2, 0.25) is 0 Å². The van der Waals surface area contributed by atoms with Gasteiger partial charge in [-0.2, -0.15) is 5.10 Å². The molecule has 2 atom stereocenters. The molecule has 3 aromatic rings. The molecule has 178 valence electrons. The van der Waals surface area contributed by atoms with Gasteiger partial charge < -0.3 is 9.64 Å². The maximum atomic E-state index is 14.0. The van der Waals surface area contributed by atoms with Crippen molar-refractivity contribution in [1.29, 1.82) is 0 Å². The molecule has 0 aliphatic carbocycles. The molecule has 34 heavy (non-hydrogen) atoms. The number of hydrogen-bond acceptors (Lipinski definition) is 3. The number of amides is 1. The molecule has 0 fully saturated rings. The van der Waals surface area contributed by atoms with E-state index in [2.05, 4.69) is 5.10 Å². The van der Waals surface area contributed by atoms with E-state index in [-0.39, 0.29) is 23.6 Å². The van der Waals surface area contributed by atoms with Crippen molar-refractivity contribution in [2.75, 3.05) is 6.61 Å². The fourth-order valence-corrected chi connectivity index (χ4v) is 5.33. The minimum Gasteiger partial charge on any atom is -0.376 e. The molecule has 2 aliphatic heterocycles. The van der Waals surface area contributed by atoms with Gasteiger partial charge >= 0.3 is 0 Å². The molecule has 0 radical (unpaired) electrons. The highest BCUT2D eigenvalue weighted by atomic mass is 19.2. The Morgan fingerprint density at radius 1 is 1.15 bits per heavy atom. The van der Waals surface area contributed by atoms with Crippen molar-refractivity contribution in [2.24, 2.45) is 7.05 Å². The van der Waals surface area contributed by atoms with E-state index in [1.165, 1.54) is 5.56 Å². The Morgan fingerprint density at radius 3 is 2.59 bits per heavy atom. The van der Waals surface area contributed by atoms with Crippen LogP contribution in [0, 0.1) is 17.5 Å². The van der Waals surface area contributed by atoms with E-state index >= 15 is 0 Å². The van der Waals surface area contributed by atoms with Gasteiger partial charge in [0.25, 0.3) is 5.91 Å². The Bertz CT molecular complexity index is 1260. The van der Waals surface area contributed by atoms with Crippen LogP contribution >= 0.6 is 0 Å². The van der Waals surface area contributed by atoms with Crippen LogP contribution in [0.1, 0.15) is 59.1 Å². The number of aryl methyl sites for hydroxylation is 1. The van der Waals surface area contributed by atoms with E-state index < -0.39 is 17.5 Å². The monoisotopic (exact) mass is 469 g/mol. The standard InChI is InChI=1S/C26H26F3N3O2/c1-4-22-24-19(25(31(3)30-24)17-11-20(27)23(29)21(28)12-17)9-14(2)32(22)26(33)16-6-5-15-7-8-34-13-18(15)10-16/h5-6,10-12,14,22H,4,7-9,13H2,1-3H3. The lowest BCUT2D eigenvalue weighted by Crippen LogP contribution is -2.45. The van der Waals surface area contributed by atoms with Crippen molar-refractivity contribution in [3.63, 3.8) is 0 Å². The minimum absolute atomic E-state index is 0.0792.